The number of alkyl halides is 3. The number of piperazine rings is 1. The number of benzene rings is 1. The molecule has 0 radical (unpaired) electrons. The number of halogens is 4. The maximum atomic E-state index is 13.7. The van der Waals surface area contributed by atoms with Crippen LogP contribution in [0.15, 0.2) is 30.5 Å². The number of likely N-dealkylation sites (tertiary alicyclic amines) is 1. The Hall–Kier alpha value is -2.92. The van der Waals surface area contributed by atoms with Crippen molar-refractivity contribution in [1.82, 2.24) is 19.8 Å². The van der Waals surface area contributed by atoms with E-state index in [2.05, 4.69) is 14.9 Å². The van der Waals surface area contributed by atoms with Gasteiger partial charge in [-0.2, -0.15) is 13.2 Å². The molecule has 194 valence electrons. The molecular weight excluding hydrogens is 497 g/mol. The van der Waals surface area contributed by atoms with E-state index in [4.69, 9.17) is 17.3 Å². The zero-order valence-electron chi connectivity index (χ0n) is 19.8. The molecule has 1 atom stereocenters. The maximum absolute atomic E-state index is 13.7. The van der Waals surface area contributed by atoms with Gasteiger partial charge in [0.15, 0.2) is 11.5 Å². The topological polar surface area (TPSA) is 95.7 Å². The molecule has 2 aliphatic heterocycles. The van der Waals surface area contributed by atoms with Crippen LogP contribution in [-0.4, -0.2) is 76.4 Å². The number of nitrogens with two attached hydrogens (primary N) is 1. The van der Waals surface area contributed by atoms with Gasteiger partial charge in [0.2, 0.25) is 0 Å². The van der Waals surface area contributed by atoms with Gasteiger partial charge in [0.05, 0.1) is 6.20 Å². The highest BCUT2D eigenvalue weighted by Gasteiger charge is 2.41. The summed E-state index contributed by atoms with van der Waals surface area (Å²) in [5.41, 5.74) is 3.99. The van der Waals surface area contributed by atoms with Gasteiger partial charge in [-0.15, -0.1) is 0 Å². The number of carbonyl (C=O) groups is 2. The minimum Gasteiger partial charge on any atom is -0.364 e. The molecule has 1 aromatic heterocycles. The van der Waals surface area contributed by atoms with E-state index in [1.807, 2.05) is 11.8 Å². The van der Waals surface area contributed by atoms with Crippen molar-refractivity contribution in [2.75, 3.05) is 37.6 Å². The minimum atomic E-state index is -4.77. The molecule has 2 amide bonds. The number of hydrogen-bond donors (Lipinski definition) is 1. The number of anilines is 1. The fourth-order valence-corrected chi connectivity index (χ4v) is 5.13. The van der Waals surface area contributed by atoms with E-state index in [1.165, 1.54) is 0 Å². The molecule has 0 aliphatic carbocycles. The zero-order valence-corrected chi connectivity index (χ0v) is 20.6. The van der Waals surface area contributed by atoms with Crippen molar-refractivity contribution in [3.05, 3.63) is 52.4 Å². The highest BCUT2D eigenvalue weighted by molar-refractivity contribution is 6.30. The van der Waals surface area contributed by atoms with E-state index in [-0.39, 0.29) is 23.8 Å². The molecule has 1 aromatic carbocycles. The Morgan fingerprint density at radius 1 is 1.11 bits per heavy atom. The Bertz CT molecular complexity index is 1110. The van der Waals surface area contributed by atoms with Crippen LogP contribution >= 0.6 is 11.6 Å². The zero-order chi connectivity index (χ0) is 26.0. The van der Waals surface area contributed by atoms with Gasteiger partial charge in [-0.1, -0.05) is 18.5 Å². The molecule has 0 spiro atoms. The smallest absolute Gasteiger partial charge is 0.364 e. The summed E-state index contributed by atoms with van der Waals surface area (Å²) < 4.78 is 41.1. The summed E-state index contributed by atoms with van der Waals surface area (Å²) in [6.45, 7) is 4.49. The molecule has 1 unspecified atom stereocenters. The second-order valence-electron chi connectivity index (χ2n) is 9.07. The lowest BCUT2D eigenvalue weighted by atomic mass is 9.97. The van der Waals surface area contributed by atoms with Crippen molar-refractivity contribution in [3.63, 3.8) is 0 Å². The molecule has 0 saturated carbocycles. The van der Waals surface area contributed by atoms with Crippen molar-refractivity contribution < 1.29 is 22.8 Å². The molecular formula is C24H28ClF3N6O2. The van der Waals surface area contributed by atoms with Crippen molar-refractivity contribution in [1.29, 1.82) is 0 Å². The maximum Gasteiger partial charge on any atom is 0.437 e. The lowest BCUT2D eigenvalue weighted by Crippen LogP contribution is -2.59. The number of amides is 2. The average molecular weight is 525 g/mol. The van der Waals surface area contributed by atoms with E-state index in [1.54, 1.807) is 29.2 Å². The van der Waals surface area contributed by atoms with Crippen LogP contribution in [0, 0.1) is 0 Å². The number of primary amides is 1. The number of piperidine rings is 1. The SMILES string of the molecule is CCC1CN(c2ncc(C(N)=O)nc2C(F)(F)F)CCN1C1CCN(C(=O)c2ccc(Cl)cc2)CC1. The lowest BCUT2D eigenvalue weighted by Gasteiger charge is -2.47. The molecule has 0 bridgehead atoms. The first-order valence-corrected chi connectivity index (χ1v) is 12.3. The highest BCUT2D eigenvalue weighted by atomic mass is 35.5. The van der Waals surface area contributed by atoms with Gasteiger partial charge in [-0.3, -0.25) is 14.5 Å². The van der Waals surface area contributed by atoms with Crippen molar-refractivity contribution in [2.24, 2.45) is 5.73 Å². The largest absolute Gasteiger partial charge is 0.437 e. The summed E-state index contributed by atoms with van der Waals surface area (Å²) >= 11 is 5.92. The van der Waals surface area contributed by atoms with Gasteiger partial charge in [0.1, 0.15) is 5.69 Å². The van der Waals surface area contributed by atoms with Crippen molar-refractivity contribution >= 4 is 29.2 Å². The van der Waals surface area contributed by atoms with E-state index >= 15 is 0 Å². The van der Waals surface area contributed by atoms with Crippen LogP contribution in [0.2, 0.25) is 5.02 Å². The molecule has 2 aliphatic rings. The number of rotatable bonds is 5. The van der Waals surface area contributed by atoms with E-state index in [0.717, 1.165) is 25.5 Å². The van der Waals surface area contributed by atoms with Crippen LogP contribution in [0.4, 0.5) is 19.0 Å². The van der Waals surface area contributed by atoms with Crippen LogP contribution in [0.5, 0.6) is 0 Å². The molecule has 8 nitrogen and oxygen atoms in total. The molecule has 2 fully saturated rings. The molecule has 2 N–H and O–H groups in total. The van der Waals surface area contributed by atoms with Crippen LogP contribution < -0.4 is 10.6 Å². The first-order valence-electron chi connectivity index (χ1n) is 11.9. The van der Waals surface area contributed by atoms with Gasteiger partial charge >= 0.3 is 6.18 Å². The molecule has 2 saturated heterocycles. The lowest BCUT2D eigenvalue weighted by molar-refractivity contribution is -0.141. The highest BCUT2D eigenvalue weighted by Crippen LogP contribution is 2.35. The third-order valence-electron chi connectivity index (χ3n) is 6.89. The molecule has 2 aromatic rings. The van der Waals surface area contributed by atoms with E-state index in [0.29, 0.717) is 43.3 Å². The number of hydrogen-bond acceptors (Lipinski definition) is 6. The molecule has 3 heterocycles. The Morgan fingerprint density at radius 2 is 1.78 bits per heavy atom. The third-order valence-corrected chi connectivity index (χ3v) is 7.14. The quantitative estimate of drug-likeness (QED) is 0.643. The first kappa shape index (κ1) is 26.2. The predicted octanol–water partition coefficient (Wildman–Crippen LogP) is 3.45. The molecule has 36 heavy (non-hydrogen) atoms. The summed E-state index contributed by atoms with van der Waals surface area (Å²) in [6.07, 6.45) is -1.45. The summed E-state index contributed by atoms with van der Waals surface area (Å²) in [5.74, 6) is -1.37. The van der Waals surface area contributed by atoms with Gasteiger partial charge in [-0.25, -0.2) is 9.97 Å². The van der Waals surface area contributed by atoms with E-state index < -0.39 is 23.5 Å². The monoisotopic (exact) mass is 524 g/mol. The molecule has 4 rings (SSSR count). The summed E-state index contributed by atoms with van der Waals surface area (Å²) in [5, 5.41) is 0.576. The normalized spacial score (nSPS) is 20.0. The Labute approximate surface area is 212 Å². The van der Waals surface area contributed by atoms with Crippen LogP contribution in [-0.2, 0) is 6.18 Å². The Kier molecular flexibility index (Phi) is 7.70. The Morgan fingerprint density at radius 3 is 2.36 bits per heavy atom. The summed E-state index contributed by atoms with van der Waals surface area (Å²) in [7, 11) is 0. The summed E-state index contributed by atoms with van der Waals surface area (Å²) in [4.78, 5) is 37.3. The van der Waals surface area contributed by atoms with Gasteiger partial charge < -0.3 is 15.5 Å². The molecule has 12 heteroatoms. The minimum absolute atomic E-state index is 0.0148. The number of carbonyl (C=O) groups excluding carboxylic acids is 2. The van der Waals surface area contributed by atoms with Crippen molar-refractivity contribution in [3.8, 4) is 0 Å². The first-order chi connectivity index (χ1) is 17.1. The average Bonchev–Trinajstić information content (AvgIpc) is 2.87. The third kappa shape index (κ3) is 5.57. The second kappa shape index (κ2) is 10.6. The van der Waals surface area contributed by atoms with Gasteiger partial charge in [0.25, 0.3) is 11.8 Å². The van der Waals surface area contributed by atoms with Crippen LogP contribution in [0.25, 0.3) is 0 Å². The summed E-state index contributed by atoms with van der Waals surface area (Å²) in [6, 6.07) is 7.08. The predicted molar refractivity (Wildman–Crippen MR) is 129 cm³/mol. The fourth-order valence-electron chi connectivity index (χ4n) is 5.00. The van der Waals surface area contributed by atoms with Crippen LogP contribution in [0.3, 0.4) is 0 Å². The Balaban J connectivity index is 1.42. The van der Waals surface area contributed by atoms with Gasteiger partial charge in [0, 0.05) is 55.4 Å². The van der Waals surface area contributed by atoms with E-state index in [9.17, 15) is 22.8 Å². The van der Waals surface area contributed by atoms with Crippen molar-refractivity contribution in [2.45, 2.75) is 44.4 Å². The number of nitrogens with zero attached hydrogens (tertiary/aromatic N) is 5. The number of aromatic nitrogens is 2. The second-order valence-corrected chi connectivity index (χ2v) is 9.50. The van der Waals surface area contributed by atoms with Gasteiger partial charge in [-0.05, 0) is 43.5 Å². The standard InChI is InChI=1S/C24H28ClF3N6O2/c1-2-17-14-33(22-20(24(26,27)28)31-19(13-30-22)21(29)35)11-12-34(17)18-7-9-32(10-8-18)23(36)15-3-5-16(25)6-4-15/h3-6,13,17-18H,2,7-12,14H2,1H3,(H2,29,35). The fraction of sp³-hybridized carbons (Fsp3) is 0.500. The van der Waals surface area contributed by atoms with Crippen LogP contribution in [0.1, 0.15) is 52.7 Å².